The lowest BCUT2D eigenvalue weighted by Gasteiger charge is -2.42. The van der Waals surface area contributed by atoms with E-state index < -0.39 is 78.7 Å². The van der Waals surface area contributed by atoms with Gasteiger partial charge in [0.25, 0.3) is 0 Å². The monoisotopic (exact) mass is 515 g/mol. The van der Waals surface area contributed by atoms with E-state index in [4.69, 9.17) is 16.2 Å². The molecule has 5 atom stereocenters. The molecule has 0 bridgehead atoms. The highest BCUT2D eigenvalue weighted by Crippen LogP contribution is 2.25. The third-order valence-corrected chi connectivity index (χ3v) is 6.02. The molecule has 0 aliphatic carbocycles. The lowest BCUT2D eigenvalue weighted by atomic mass is 9.93. The number of piperidine rings is 1. The first-order valence-corrected chi connectivity index (χ1v) is 11.7. The topological polar surface area (TPSA) is 231 Å². The molecule has 14 nitrogen and oxygen atoms in total. The van der Waals surface area contributed by atoms with Crippen molar-refractivity contribution in [1.82, 2.24) is 15.5 Å². The first kappa shape index (κ1) is 30.8. The minimum Gasteiger partial charge on any atom is -0.481 e. The fraction of sp³-hybridized carbons (Fsp3) is 0.727. The minimum absolute atomic E-state index is 0.0677. The maximum absolute atomic E-state index is 13.4. The molecule has 36 heavy (non-hydrogen) atoms. The van der Waals surface area contributed by atoms with Gasteiger partial charge in [-0.1, -0.05) is 13.8 Å². The predicted molar refractivity (Wildman–Crippen MR) is 125 cm³/mol. The third kappa shape index (κ3) is 9.41. The number of primary amides is 1. The molecular formula is C22H37N5O9. The number of hydrogen-bond donors (Lipinski definition) is 6. The van der Waals surface area contributed by atoms with Gasteiger partial charge < -0.3 is 42.0 Å². The number of ether oxygens (including phenoxy) is 1. The van der Waals surface area contributed by atoms with Crippen LogP contribution in [0.1, 0.15) is 52.4 Å². The normalized spacial score (nSPS) is 20.2. The number of nitrogens with one attached hydrogen (secondary N) is 2. The van der Waals surface area contributed by atoms with Crippen LogP contribution in [0.15, 0.2) is 0 Å². The second-order valence-corrected chi connectivity index (χ2v) is 9.11. The van der Waals surface area contributed by atoms with E-state index >= 15 is 0 Å². The van der Waals surface area contributed by atoms with Crippen LogP contribution >= 0.6 is 0 Å². The molecule has 1 saturated heterocycles. The summed E-state index contributed by atoms with van der Waals surface area (Å²) >= 11 is 0. The summed E-state index contributed by atoms with van der Waals surface area (Å²) in [5.74, 6) is -5.82. The third-order valence-electron chi connectivity index (χ3n) is 6.02. The van der Waals surface area contributed by atoms with Gasteiger partial charge in [-0.25, -0.2) is 4.79 Å². The van der Waals surface area contributed by atoms with Gasteiger partial charge >= 0.3 is 11.9 Å². The Morgan fingerprint density at radius 2 is 1.69 bits per heavy atom. The van der Waals surface area contributed by atoms with Gasteiger partial charge in [0.05, 0.1) is 31.0 Å². The summed E-state index contributed by atoms with van der Waals surface area (Å²) in [6.45, 7) is 3.67. The molecule has 0 radical (unpaired) electrons. The summed E-state index contributed by atoms with van der Waals surface area (Å²) in [4.78, 5) is 73.4. The SMILES string of the molecule is CO[C@H]1CCCN(C(=O)[C@H](CC(=O)O)NC(=O)[C@@H](N)C(C)C)[C@H]1CCC(=O)N[C@@H](CC(N)=O)C(=O)O. The van der Waals surface area contributed by atoms with Crippen molar-refractivity contribution >= 4 is 35.6 Å². The predicted octanol–water partition coefficient (Wildman–Crippen LogP) is -1.84. The number of carboxylic acids is 2. The quantitative estimate of drug-likeness (QED) is 0.151. The molecule has 4 amide bonds. The van der Waals surface area contributed by atoms with E-state index in [0.717, 1.165) is 0 Å². The highest BCUT2D eigenvalue weighted by Gasteiger charge is 2.39. The first-order chi connectivity index (χ1) is 16.8. The number of carboxylic acid groups (broad SMARTS) is 2. The van der Waals surface area contributed by atoms with Crippen LogP contribution < -0.4 is 22.1 Å². The molecule has 0 saturated carbocycles. The highest BCUT2D eigenvalue weighted by atomic mass is 16.5. The lowest BCUT2D eigenvalue weighted by Crippen LogP contribution is -2.59. The maximum atomic E-state index is 13.4. The molecule has 1 rings (SSSR count). The summed E-state index contributed by atoms with van der Waals surface area (Å²) in [5, 5.41) is 23.2. The molecule has 1 fully saturated rings. The van der Waals surface area contributed by atoms with E-state index in [2.05, 4.69) is 10.6 Å². The Kier molecular flexibility index (Phi) is 12.3. The zero-order chi connectivity index (χ0) is 27.6. The number of rotatable bonds is 14. The van der Waals surface area contributed by atoms with E-state index in [-0.39, 0.29) is 25.3 Å². The van der Waals surface area contributed by atoms with Gasteiger partial charge in [0.1, 0.15) is 12.1 Å². The molecular weight excluding hydrogens is 478 g/mol. The van der Waals surface area contributed by atoms with E-state index in [9.17, 15) is 39.0 Å². The van der Waals surface area contributed by atoms with Crippen LogP contribution in [0.25, 0.3) is 0 Å². The van der Waals surface area contributed by atoms with E-state index in [1.807, 2.05) is 0 Å². The Labute approximate surface area is 209 Å². The number of carbonyl (C=O) groups excluding carboxylic acids is 4. The van der Waals surface area contributed by atoms with Crippen molar-refractivity contribution in [2.45, 2.75) is 82.6 Å². The fourth-order valence-corrected chi connectivity index (χ4v) is 4.00. The summed E-state index contributed by atoms with van der Waals surface area (Å²) in [6, 6.07) is -4.45. The number of amides is 4. The number of likely N-dealkylation sites (tertiary alicyclic amines) is 1. The largest absolute Gasteiger partial charge is 0.481 e. The van der Waals surface area contributed by atoms with E-state index in [1.54, 1.807) is 13.8 Å². The maximum Gasteiger partial charge on any atom is 0.326 e. The number of hydrogen-bond acceptors (Lipinski definition) is 8. The summed E-state index contributed by atoms with van der Waals surface area (Å²) in [7, 11) is 1.44. The van der Waals surface area contributed by atoms with Gasteiger partial charge in [0, 0.05) is 20.1 Å². The second-order valence-electron chi connectivity index (χ2n) is 9.11. The average Bonchev–Trinajstić information content (AvgIpc) is 2.79. The van der Waals surface area contributed by atoms with Crippen molar-refractivity contribution in [3.8, 4) is 0 Å². The molecule has 0 aromatic rings. The van der Waals surface area contributed by atoms with Gasteiger partial charge in [-0.3, -0.25) is 24.0 Å². The van der Waals surface area contributed by atoms with Crippen molar-refractivity contribution in [1.29, 1.82) is 0 Å². The Morgan fingerprint density at radius 1 is 1.06 bits per heavy atom. The molecule has 0 aromatic carbocycles. The number of aliphatic carboxylic acids is 2. The molecule has 204 valence electrons. The molecule has 0 unspecified atom stereocenters. The van der Waals surface area contributed by atoms with Crippen molar-refractivity contribution < 1.29 is 43.7 Å². The Morgan fingerprint density at radius 3 is 2.19 bits per heavy atom. The van der Waals surface area contributed by atoms with Crippen LogP contribution in [-0.4, -0.2) is 94.6 Å². The summed E-state index contributed by atoms with van der Waals surface area (Å²) < 4.78 is 5.50. The van der Waals surface area contributed by atoms with Crippen LogP contribution in [0.4, 0.5) is 0 Å². The lowest BCUT2D eigenvalue weighted by molar-refractivity contribution is -0.149. The molecule has 0 spiro atoms. The molecule has 14 heteroatoms. The zero-order valence-electron chi connectivity index (χ0n) is 20.8. The van der Waals surface area contributed by atoms with Crippen molar-refractivity contribution in [2.24, 2.45) is 17.4 Å². The minimum atomic E-state index is -1.49. The molecule has 1 aliphatic heterocycles. The van der Waals surface area contributed by atoms with E-state index in [1.165, 1.54) is 12.0 Å². The zero-order valence-corrected chi connectivity index (χ0v) is 20.8. The van der Waals surface area contributed by atoms with Gasteiger partial charge in [-0.15, -0.1) is 0 Å². The summed E-state index contributed by atoms with van der Waals surface area (Å²) in [6.07, 6.45) is -0.736. The average molecular weight is 516 g/mol. The summed E-state index contributed by atoms with van der Waals surface area (Å²) in [5.41, 5.74) is 10.9. The Bertz CT molecular complexity index is 835. The molecule has 8 N–H and O–H groups in total. The molecule has 0 aromatic heterocycles. The van der Waals surface area contributed by atoms with Crippen LogP contribution in [-0.2, 0) is 33.5 Å². The Balaban J connectivity index is 3.03. The first-order valence-electron chi connectivity index (χ1n) is 11.7. The van der Waals surface area contributed by atoms with Gasteiger partial charge in [-0.05, 0) is 25.2 Å². The van der Waals surface area contributed by atoms with E-state index in [0.29, 0.717) is 12.8 Å². The van der Waals surface area contributed by atoms with Gasteiger partial charge in [-0.2, -0.15) is 0 Å². The van der Waals surface area contributed by atoms with Crippen molar-refractivity contribution in [3.05, 3.63) is 0 Å². The van der Waals surface area contributed by atoms with Crippen LogP contribution in [0.5, 0.6) is 0 Å². The number of nitrogens with two attached hydrogens (primary N) is 2. The van der Waals surface area contributed by atoms with Crippen molar-refractivity contribution in [2.75, 3.05) is 13.7 Å². The molecule has 1 aliphatic rings. The standard InChI is InChI=1S/C22H37N5O9/c1-11(2)19(24)20(32)26-12(10-18(30)31)21(33)27-8-4-5-15(36-3)14(27)6-7-17(29)25-13(22(34)35)9-16(23)28/h11-15,19H,4-10,24H2,1-3H3,(H2,23,28)(H,25,29)(H,26,32)(H,30,31)(H,34,35)/t12-,13-,14-,15-,19-/m0/s1. The van der Waals surface area contributed by atoms with Crippen LogP contribution in [0.3, 0.4) is 0 Å². The second kappa shape index (κ2) is 14.3. The van der Waals surface area contributed by atoms with Crippen LogP contribution in [0.2, 0.25) is 0 Å². The van der Waals surface area contributed by atoms with Crippen LogP contribution in [0, 0.1) is 5.92 Å². The number of nitrogens with zero attached hydrogens (tertiary/aromatic N) is 1. The van der Waals surface area contributed by atoms with Crippen molar-refractivity contribution in [3.63, 3.8) is 0 Å². The van der Waals surface area contributed by atoms with Gasteiger partial charge in [0.15, 0.2) is 0 Å². The smallest absolute Gasteiger partial charge is 0.326 e. The highest BCUT2D eigenvalue weighted by molar-refractivity contribution is 5.92. The number of carbonyl (C=O) groups is 6. The Hall–Kier alpha value is -3.26. The number of methoxy groups -OCH3 is 1. The molecule has 1 heterocycles. The fourth-order valence-electron chi connectivity index (χ4n) is 4.00. The van der Waals surface area contributed by atoms with Gasteiger partial charge in [0.2, 0.25) is 23.6 Å².